The number of hydrogen-bond acceptors (Lipinski definition) is 3. The van der Waals surface area contributed by atoms with Crippen LogP contribution >= 0.6 is 0 Å². The van der Waals surface area contributed by atoms with Gasteiger partial charge in [0.05, 0.1) is 0 Å². The maximum atomic E-state index is 5.36. The molecule has 0 aromatic heterocycles. The van der Waals surface area contributed by atoms with Gasteiger partial charge in [0.15, 0.2) is 0 Å². The quantitative estimate of drug-likeness (QED) is 0.214. The lowest BCUT2D eigenvalue weighted by molar-refractivity contribution is 0.408. The first-order valence-corrected chi connectivity index (χ1v) is 16.4. The van der Waals surface area contributed by atoms with E-state index in [1.807, 2.05) is 0 Å². The van der Waals surface area contributed by atoms with Gasteiger partial charge in [0.1, 0.15) is 18.2 Å². The zero-order chi connectivity index (χ0) is 31.2. The van der Waals surface area contributed by atoms with Gasteiger partial charge in [-0.2, -0.15) is 0 Å². The topological polar surface area (TPSA) is 36.4 Å². The van der Waals surface area contributed by atoms with E-state index in [1.165, 1.54) is 60.8 Å². The van der Waals surface area contributed by atoms with Crippen molar-refractivity contribution >= 4 is 16.6 Å². The molecular weight excluding hydrogens is 558 g/mol. The molecule has 1 heterocycles. The molecule has 2 N–H and O–H groups in total. The summed E-state index contributed by atoms with van der Waals surface area (Å²) in [7, 11) is 0. The van der Waals surface area contributed by atoms with E-state index in [9.17, 15) is 0 Å². The first-order chi connectivity index (χ1) is 22.3. The SMILES string of the molecule is CC1(C)c2ccccc2-c2ccc(C3=NC(c4ccc5ccccc5c4)NC(c4ccc5c(c4)C(C)(C)c4ccccc4-5)N3)cc21. The molecule has 9 rings (SSSR count). The number of nitrogens with zero attached hydrogens (tertiary/aromatic N) is 1. The number of amidine groups is 1. The van der Waals surface area contributed by atoms with Gasteiger partial charge < -0.3 is 5.32 Å². The van der Waals surface area contributed by atoms with Gasteiger partial charge in [-0.15, -0.1) is 0 Å². The number of hydrogen-bond donors (Lipinski definition) is 2. The van der Waals surface area contributed by atoms with E-state index in [-0.39, 0.29) is 23.2 Å². The maximum Gasteiger partial charge on any atom is 0.131 e. The van der Waals surface area contributed by atoms with Crippen molar-refractivity contribution in [2.75, 3.05) is 0 Å². The minimum Gasteiger partial charge on any atom is -0.350 e. The molecule has 3 aliphatic rings. The van der Waals surface area contributed by atoms with Crippen LogP contribution in [-0.4, -0.2) is 5.84 Å². The predicted octanol–water partition coefficient (Wildman–Crippen LogP) is 9.79. The average Bonchev–Trinajstić information content (AvgIpc) is 3.47. The van der Waals surface area contributed by atoms with Crippen molar-refractivity contribution in [2.24, 2.45) is 4.99 Å². The van der Waals surface area contributed by atoms with Gasteiger partial charge in [-0.25, -0.2) is 4.99 Å². The number of fused-ring (bicyclic) bond motifs is 7. The summed E-state index contributed by atoms with van der Waals surface area (Å²) in [5.41, 5.74) is 14.2. The molecule has 6 aromatic rings. The summed E-state index contributed by atoms with van der Waals surface area (Å²) >= 11 is 0. The van der Waals surface area contributed by atoms with Crippen LogP contribution in [0.15, 0.2) is 132 Å². The largest absolute Gasteiger partial charge is 0.350 e. The van der Waals surface area contributed by atoms with Crippen LogP contribution in [-0.2, 0) is 10.8 Å². The van der Waals surface area contributed by atoms with Crippen molar-refractivity contribution in [3.8, 4) is 22.3 Å². The van der Waals surface area contributed by atoms with Crippen molar-refractivity contribution in [2.45, 2.75) is 50.9 Å². The Labute approximate surface area is 271 Å². The summed E-state index contributed by atoms with van der Waals surface area (Å²) in [5, 5.41) is 10.2. The molecule has 0 amide bonds. The zero-order valence-corrected chi connectivity index (χ0v) is 26.7. The summed E-state index contributed by atoms with van der Waals surface area (Å²) < 4.78 is 0. The summed E-state index contributed by atoms with van der Waals surface area (Å²) in [6, 6.07) is 46.8. The van der Waals surface area contributed by atoms with Gasteiger partial charge in [-0.3, -0.25) is 5.32 Å². The third-order valence-corrected chi connectivity index (χ3v) is 10.8. The van der Waals surface area contributed by atoms with Crippen molar-refractivity contribution in [3.05, 3.63) is 166 Å². The highest BCUT2D eigenvalue weighted by molar-refractivity contribution is 6.01. The van der Waals surface area contributed by atoms with E-state index in [4.69, 9.17) is 4.99 Å². The van der Waals surface area contributed by atoms with E-state index >= 15 is 0 Å². The molecule has 0 radical (unpaired) electrons. The van der Waals surface area contributed by atoms with Crippen molar-refractivity contribution in [1.82, 2.24) is 10.6 Å². The van der Waals surface area contributed by atoms with Crippen LogP contribution in [0.5, 0.6) is 0 Å². The van der Waals surface area contributed by atoms with Gasteiger partial charge >= 0.3 is 0 Å². The first kappa shape index (κ1) is 27.3. The van der Waals surface area contributed by atoms with Gasteiger partial charge in [-0.1, -0.05) is 143 Å². The summed E-state index contributed by atoms with van der Waals surface area (Å²) in [6.45, 7) is 9.37. The fourth-order valence-electron chi connectivity index (χ4n) is 8.18. The monoisotopic (exact) mass is 595 g/mol. The van der Waals surface area contributed by atoms with Crippen LogP contribution in [0.3, 0.4) is 0 Å². The van der Waals surface area contributed by atoms with Crippen LogP contribution in [0.25, 0.3) is 33.0 Å². The third-order valence-electron chi connectivity index (χ3n) is 10.8. The first-order valence-electron chi connectivity index (χ1n) is 16.4. The molecule has 3 heteroatoms. The Balaban J connectivity index is 1.15. The van der Waals surface area contributed by atoms with Crippen LogP contribution < -0.4 is 10.6 Å². The molecule has 0 saturated carbocycles. The minimum absolute atomic E-state index is 0.0636. The summed E-state index contributed by atoms with van der Waals surface area (Å²) in [5.74, 6) is 0.916. The van der Waals surface area contributed by atoms with Crippen molar-refractivity contribution < 1.29 is 0 Å². The molecule has 2 atom stereocenters. The van der Waals surface area contributed by atoms with Crippen molar-refractivity contribution in [3.63, 3.8) is 0 Å². The molecular formula is C43H37N3. The second-order valence-electron chi connectivity index (χ2n) is 14.1. The van der Waals surface area contributed by atoms with Crippen LogP contribution in [0.1, 0.15) is 79.0 Å². The number of aliphatic imine (C=N–C) groups is 1. The normalized spacial score (nSPS) is 19.9. The Kier molecular flexibility index (Phi) is 5.80. The Hall–Kier alpha value is -4.99. The van der Waals surface area contributed by atoms with E-state index in [0.717, 1.165) is 17.0 Å². The van der Waals surface area contributed by atoms with Crippen LogP contribution in [0.4, 0.5) is 0 Å². The summed E-state index contributed by atoms with van der Waals surface area (Å²) in [4.78, 5) is 5.36. The highest BCUT2D eigenvalue weighted by Crippen LogP contribution is 2.50. The van der Waals surface area contributed by atoms with E-state index in [0.29, 0.717) is 0 Å². The molecule has 2 aliphatic carbocycles. The molecule has 0 spiro atoms. The Morgan fingerprint density at radius 1 is 0.500 bits per heavy atom. The van der Waals surface area contributed by atoms with Crippen molar-refractivity contribution in [1.29, 1.82) is 0 Å². The van der Waals surface area contributed by atoms with Gasteiger partial charge in [0.25, 0.3) is 0 Å². The predicted molar refractivity (Wildman–Crippen MR) is 190 cm³/mol. The lowest BCUT2D eigenvalue weighted by atomic mass is 9.81. The zero-order valence-electron chi connectivity index (χ0n) is 26.7. The Bertz CT molecular complexity index is 2240. The van der Waals surface area contributed by atoms with Gasteiger partial charge in [0.2, 0.25) is 0 Å². The molecule has 2 unspecified atom stereocenters. The maximum absolute atomic E-state index is 5.36. The molecule has 46 heavy (non-hydrogen) atoms. The molecule has 3 nitrogen and oxygen atoms in total. The highest BCUT2D eigenvalue weighted by atomic mass is 15.3. The molecule has 0 bridgehead atoms. The number of benzene rings is 6. The fraction of sp³-hybridized carbons (Fsp3) is 0.186. The second-order valence-corrected chi connectivity index (χ2v) is 14.1. The van der Waals surface area contributed by atoms with E-state index in [1.54, 1.807) is 0 Å². The lowest BCUT2D eigenvalue weighted by Gasteiger charge is -2.33. The van der Waals surface area contributed by atoms with Gasteiger partial charge in [0, 0.05) is 16.4 Å². The van der Waals surface area contributed by atoms with Gasteiger partial charge in [-0.05, 0) is 78.5 Å². The summed E-state index contributed by atoms with van der Waals surface area (Å²) in [6.07, 6.45) is -0.324. The fourth-order valence-corrected chi connectivity index (χ4v) is 8.18. The second kappa shape index (κ2) is 9.75. The number of rotatable bonds is 3. The smallest absolute Gasteiger partial charge is 0.131 e. The average molecular weight is 596 g/mol. The van der Waals surface area contributed by atoms with E-state index < -0.39 is 0 Å². The minimum atomic E-state index is -0.206. The number of nitrogens with one attached hydrogen (secondary N) is 2. The molecule has 0 fully saturated rings. The third kappa shape index (κ3) is 3.98. The van der Waals surface area contributed by atoms with Crippen LogP contribution in [0.2, 0.25) is 0 Å². The lowest BCUT2D eigenvalue weighted by Crippen LogP contribution is -2.45. The van der Waals surface area contributed by atoms with Crippen LogP contribution in [0, 0.1) is 0 Å². The molecule has 6 aromatic carbocycles. The molecule has 1 aliphatic heterocycles. The Morgan fingerprint density at radius 3 is 1.78 bits per heavy atom. The molecule has 224 valence electrons. The Morgan fingerprint density at radius 2 is 1.07 bits per heavy atom. The van der Waals surface area contributed by atoms with E-state index in [2.05, 4.69) is 166 Å². The molecule has 0 saturated heterocycles. The highest BCUT2D eigenvalue weighted by Gasteiger charge is 2.38. The standard InChI is InChI=1S/C43H37N3/c1-42(2)35-15-9-7-13-31(35)33-21-19-29(24-37(33)42)40-44-39(28-18-17-26-11-5-6-12-27(26)23-28)45-41(46-40)30-20-22-34-32-14-8-10-16-36(32)43(3,4)38(34)25-30/h5-25,39-40,44H,1-4H3,(H,45,46).